The van der Waals surface area contributed by atoms with E-state index in [4.69, 9.17) is 0 Å². The van der Waals surface area contributed by atoms with E-state index in [0.29, 0.717) is 11.9 Å². The number of hydrogen-bond acceptors (Lipinski definition) is 4. The van der Waals surface area contributed by atoms with Gasteiger partial charge in [-0.2, -0.15) is 4.98 Å². The van der Waals surface area contributed by atoms with Crippen molar-refractivity contribution in [1.29, 1.82) is 0 Å². The third kappa shape index (κ3) is 4.45. The predicted molar refractivity (Wildman–Crippen MR) is 89.3 cm³/mol. The van der Waals surface area contributed by atoms with E-state index in [2.05, 4.69) is 66.5 Å². The molecule has 0 radical (unpaired) electrons. The number of rotatable bonds is 5. The maximum Gasteiger partial charge on any atom is 0.229 e. The van der Waals surface area contributed by atoms with Crippen LogP contribution in [0.25, 0.3) is 0 Å². The molecule has 4 nitrogen and oxygen atoms in total. The molecule has 21 heavy (non-hydrogen) atoms. The van der Waals surface area contributed by atoms with Crippen molar-refractivity contribution in [2.45, 2.75) is 34.6 Å². The molecule has 0 saturated carbocycles. The fraction of sp³-hybridized carbons (Fsp3) is 0.412. The van der Waals surface area contributed by atoms with Crippen molar-refractivity contribution in [3.63, 3.8) is 0 Å². The van der Waals surface area contributed by atoms with Gasteiger partial charge in [-0.15, -0.1) is 0 Å². The predicted octanol–water partition coefficient (Wildman–Crippen LogP) is 4.21. The molecule has 0 aliphatic carbocycles. The maximum atomic E-state index is 4.54. The van der Waals surface area contributed by atoms with Crippen LogP contribution in [0.1, 0.15) is 30.7 Å². The van der Waals surface area contributed by atoms with Gasteiger partial charge in [-0.25, -0.2) is 4.98 Å². The molecule has 0 spiro atoms. The van der Waals surface area contributed by atoms with Crippen molar-refractivity contribution in [3.05, 3.63) is 41.1 Å². The molecule has 112 valence electrons. The zero-order chi connectivity index (χ0) is 15.4. The lowest BCUT2D eigenvalue weighted by Crippen LogP contribution is -2.11. The fourth-order valence-electron chi connectivity index (χ4n) is 2.01. The second-order valence-electron chi connectivity index (χ2n) is 5.94. The largest absolute Gasteiger partial charge is 0.370 e. The van der Waals surface area contributed by atoms with Crippen molar-refractivity contribution in [1.82, 2.24) is 9.97 Å². The van der Waals surface area contributed by atoms with E-state index < -0.39 is 0 Å². The number of aromatic nitrogens is 2. The van der Waals surface area contributed by atoms with Crippen LogP contribution in [0.5, 0.6) is 0 Å². The van der Waals surface area contributed by atoms with Crippen LogP contribution in [0, 0.1) is 26.7 Å². The van der Waals surface area contributed by atoms with Gasteiger partial charge in [-0.1, -0.05) is 26.0 Å². The second kappa shape index (κ2) is 6.57. The van der Waals surface area contributed by atoms with Crippen LogP contribution in [0.3, 0.4) is 0 Å². The third-order valence-electron chi connectivity index (χ3n) is 3.19. The summed E-state index contributed by atoms with van der Waals surface area (Å²) < 4.78 is 0. The first-order valence-electron chi connectivity index (χ1n) is 7.38. The van der Waals surface area contributed by atoms with E-state index in [1.165, 1.54) is 11.1 Å². The summed E-state index contributed by atoms with van der Waals surface area (Å²) in [6, 6.07) is 8.29. The van der Waals surface area contributed by atoms with Crippen LogP contribution < -0.4 is 10.6 Å². The van der Waals surface area contributed by atoms with Gasteiger partial charge in [0.05, 0.1) is 0 Å². The molecule has 0 bridgehead atoms. The maximum absolute atomic E-state index is 4.54. The summed E-state index contributed by atoms with van der Waals surface area (Å²) in [4.78, 5) is 9.00. The van der Waals surface area contributed by atoms with Gasteiger partial charge in [0.2, 0.25) is 5.95 Å². The minimum atomic E-state index is 0.579. The summed E-state index contributed by atoms with van der Waals surface area (Å²) in [6.07, 6.45) is 0. The lowest BCUT2D eigenvalue weighted by atomic mass is 10.1. The molecule has 0 unspecified atom stereocenters. The molecule has 0 aliphatic heterocycles. The Labute approximate surface area is 127 Å². The molecule has 1 aromatic carbocycles. The Morgan fingerprint density at radius 2 is 1.81 bits per heavy atom. The highest BCUT2D eigenvalue weighted by Gasteiger charge is 2.05. The Bertz CT molecular complexity index is 620. The van der Waals surface area contributed by atoms with Gasteiger partial charge in [0, 0.05) is 24.0 Å². The van der Waals surface area contributed by atoms with Crippen molar-refractivity contribution < 1.29 is 0 Å². The molecule has 0 fully saturated rings. The van der Waals surface area contributed by atoms with Gasteiger partial charge in [0.25, 0.3) is 0 Å². The molecular weight excluding hydrogens is 260 g/mol. The Hall–Kier alpha value is -2.10. The molecule has 2 aromatic rings. The molecule has 1 aromatic heterocycles. The van der Waals surface area contributed by atoms with Crippen LogP contribution in [0.15, 0.2) is 24.3 Å². The van der Waals surface area contributed by atoms with Gasteiger partial charge >= 0.3 is 0 Å². The van der Waals surface area contributed by atoms with Crippen LogP contribution in [-0.2, 0) is 0 Å². The number of anilines is 3. The topological polar surface area (TPSA) is 49.8 Å². The lowest BCUT2D eigenvalue weighted by Gasteiger charge is -2.13. The first-order chi connectivity index (χ1) is 9.94. The minimum absolute atomic E-state index is 0.579. The standard InChI is InChI=1S/C17H24N4/c1-11(2)10-18-16-9-14(5)19-17(21-16)20-15-8-12(3)6-7-13(15)4/h6-9,11H,10H2,1-5H3,(H2,18,19,20,21). The first-order valence-corrected chi connectivity index (χ1v) is 7.38. The summed E-state index contributed by atoms with van der Waals surface area (Å²) in [6.45, 7) is 11.4. The van der Waals surface area contributed by atoms with Gasteiger partial charge in [0.1, 0.15) is 5.82 Å². The first kappa shape index (κ1) is 15.3. The Balaban J connectivity index is 2.21. The number of hydrogen-bond donors (Lipinski definition) is 2. The quantitative estimate of drug-likeness (QED) is 0.863. The summed E-state index contributed by atoms with van der Waals surface area (Å²) in [7, 11) is 0. The highest BCUT2D eigenvalue weighted by molar-refractivity contribution is 5.60. The summed E-state index contributed by atoms with van der Waals surface area (Å²) in [5, 5.41) is 6.67. The van der Waals surface area contributed by atoms with Gasteiger partial charge in [-0.3, -0.25) is 0 Å². The lowest BCUT2D eigenvalue weighted by molar-refractivity contribution is 0.687. The summed E-state index contributed by atoms with van der Waals surface area (Å²) in [5.74, 6) is 2.08. The van der Waals surface area contributed by atoms with Gasteiger partial charge in [-0.05, 0) is 43.9 Å². The normalized spacial score (nSPS) is 10.8. The molecule has 0 aliphatic rings. The van der Waals surface area contributed by atoms with Crippen molar-refractivity contribution in [2.75, 3.05) is 17.2 Å². The SMILES string of the molecule is Cc1ccc(C)c(Nc2nc(C)cc(NCC(C)C)n2)c1. The third-order valence-corrected chi connectivity index (χ3v) is 3.19. The number of nitrogens with zero attached hydrogens (tertiary/aromatic N) is 2. The molecule has 0 atom stereocenters. The number of benzene rings is 1. The van der Waals surface area contributed by atoms with E-state index in [9.17, 15) is 0 Å². The van der Waals surface area contributed by atoms with Crippen LogP contribution in [0.4, 0.5) is 17.5 Å². The Kier molecular flexibility index (Phi) is 4.78. The fourth-order valence-corrected chi connectivity index (χ4v) is 2.01. The second-order valence-corrected chi connectivity index (χ2v) is 5.94. The molecule has 0 saturated heterocycles. The van der Waals surface area contributed by atoms with Crippen molar-refractivity contribution in [2.24, 2.45) is 5.92 Å². The van der Waals surface area contributed by atoms with E-state index in [-0.39, 0.29) is 0 Å². The molecule has 2 rings (SSSR count). The van der Waals surface area contributed by atoms with E-state index in [1.807, 2.05) is 13.0 Å². The molecule has 4 heteroatoms. The van der Waals surface area contributed by atoms with Crippen LogP contribution in [-0.4, -0.2) is 16.5 Å². The van der Waals surface area contributed by atoms with E-state index in [1.54, 1.807) is 0 Å². The smallest absolute Gasteiger partial charge is 0.229 e. The van der Waals surface area contributed by atoms with Gasteiger partial charge < -0.3 is 10.6 Å². The van der Waals surface area contributed by atoms with Crippen molar-refractivity contribution >= 4 is 17.5 Å². The Morgan fingerprint density at radius 1 is 1.05 bits per heavy atom. The van der Waals surface area contributed by atoms with E-state index in [0.717, 1.165) is 23.7 Å². The monoisotopic (exact) mass is 284 g/mol. The average molecular weight is 284 g/mol. The zero-order valence-electron chi connectivity index (χ0n) is 13.5. The van der Waals surface area contributed by atoms with Crippen molar-refractivity contribution in [3.8, 4) is 0 Å². The molecule has 1 heterocycles. The van der Waals surface area contributed by atoms with Gasteiger partial charge in [0.15, 0.2) is 0 Å². The van der Waals surface area contributed by atoms with Crippen LogP contribution in [0.2, 0.25) is 0 Å². The summed E-state index contributed by atoms with van der Waals surface area (Å²) in [5.41, 5.74) is 4.40. The van der Waals surface area contributed by atoms with E-state index >= 15 is 0 Å². The number of nitrogens with one attached hydrogen (secondary N) is 2. The molecular formula is C17H24N4. The molecule has 2 N–H and O–H groups in total. The highest BCUT2D eigenvalue weighted by Crippen LogP contribution is 2.21. The summed E-state index contributed by atoms with van der Waals surface area (Å²) >= 11 is 0. The minimum Gasteiger partial charge on any atom is -0.370 e. The molecule has 0 amide bonds. The number of aryl methyl sites for hydroxylation is 3. The zero-order valence-corrected chi connectivity index (χ0v) is 13.5. The Morgan fingerprint density at radius 3 is 2.52 bits per heavy atom. The average Bonchev–Trinajstić information content (AvgIpc) is 2.40. The van der Waals surface area contributed by atoms with Crippen LogP contribution >= 0.6 is 0 Å². The highest BCUT2D eigenvalue weighted by atomic mass is 15.1.